The van der Waals surface area contributed by atoms with E-state index in [0.29, 0.717) is 19.4 Å². The Morgan fingerprint density at radius 3 is 2.32 bits per heavy atom. The Bertz CT molecular complexity index is 525. The Morgan fingerprint density at radius 2 is 1.86 bits per heavy atom. The Hall–Kier alpha value is -1.66. The van der Waals surface area contributed by atoms with Gasteiger partial charge in [-0.2, -0.15) is 0 Å². The van der Waals surface area contributed by atoms with Gasteiger partial charge in [0, 0.05) is 19.0 Å². The van der Waals surface area contributed by atoms with Crippen molar-refractivity contribution in [3.05, 3.63) is 29.6 Å². The minimum Gasteiger partial charge on any atom is -0.345 e. The van der Waals surface area contributed by atoms with Crippen LogP contribution in [-0.2, 0) is 4.79 Å². The lowest BCUT2D eigenvalue weighted by Gasteiger charge is -2.31. The van der Waals surface area contributed by atoms with Gasteiger partial charge in [0.2, 0.25) is 5.91 Å². The second-order valence-corrected chi connectivity index (χ2v) is 5.02. The number of benzene rings is 1. The Morgan fingerprint density at radius 1 is 1.27 bits per heavy atom. The third-order valence-electron chi connectivity index (χ3n) is 3.66. The molecule has 0 aliphatic carbocycles. The van der Waals surface area contributed by atoms with Crippen molar-refractivity contribution in [3.8, 4) is 0 Å². The summed E-state index contributed by atoms with van der Waals surface area (Å²) in [6.45, 7) is 5.50. The smallest absolute Gasteiger partial charge is 0.251 e. The highest BCUT2D eigenvalue weighted by molar-refractivity contribution is 5.97. The fraction of sp³-hybridized carbons (Fsp3) is 0.467. The highest BCUT2D eigenvalue weighted by atomic mass is 35.5. The SMILES string of the molecule is CCC(CC)(CN)NC(=O)c1ccc(F)c(NC(C)=O)c1.Cl. The molecule has 4 N–H and O–H groups in total. The van der Waals surface area contributed by atoms with Gasteiger partial charge in [-0.1, -0.05) is 13.8 Å². The number of amides is 2. The molecule has 0 radical (unpaired) electrons. The first-order valence-corrected chi connectivity index (χ1v) is 6.97. The van der Waals surface area contributed by atoms with Crippen molar-refractivity contribution in [2.75, 3.05) is 11.9 Å². The standard InChI is InChI=1S/C15H22FN3O2.ClH/c1-4-15(5-2,9-17)19-14(21)11-6-7-12(16)13(8-11)18-10(3)20;/h6-8H,4-5,9,17H2,1-3H3,(H,18,20)(H,19,21);1H. The van der Waals surface area contributed by atoms with Crippen LogP contribution in [0.4, 0.5) is 10.1 Å². The zero-order chi connectivity index (χ0) is 16.0. The predicted molar refractivity (Wildman–Crippen MR) is 87.8 cm³/mol. The van der Waals surface area contributed by atoms with Gasteiger partial charge in [0.1, 0.15) is 5.82 Å². The molecule has 0 saturated heterocycles. The maximum Gasteiger partial charge on any atom is 0.251 e. The molecule has 0 spiro atoms. The van der Waals surface area contributed by atoms with Gasteiger partial charge in [-0.15, -0.1) is 12.4 Å². The van der Waals surface area contributed by atoms with Crippen molar-refractivity contribution in [3.63, 3.8) is 0 Å². The van der Waals surface area contributed by atoms with Gasteiger partial charge >= 0.3 is 0 Å². The summed E-state index contributed by atoms with van der Waals surface area (Å²) in [5, 5.41) is 5.25. The van der Waals surface area contributed by atoms with E-state index in [2.05, 4.69) is 10.6 Å². The molecule has 0 unspecified atom stereocenters. The summed E-state index contributed by atoms with van der Waals surface area (Å²) >= 11 is 0. The molecule has 22 heavy (non-hydrogen) atoms. The normalized spacial score (nSPS) is 10.6. The summed E-state index contributed by atoms with van der Waals surface area (Å²) in [6, 6.07) is 3.85. The second kappa shape index (κ2) is 8.70. The van der Waals surface area contributed by atoms with E-state index in [1.807, 2.05) is 13.8 Å². The van der Waals surface area contributed by atoms with Gasteiger partial charge in [0.25, 0.3) is 5.91 Å². The molecule has 0 fully saturated rings. The number of nitrogens with one attached hydrogen (secondary N) is 2. The number of carbonyl (C=O) groups excluding carboxylic acids is 2. The van der Waals surface area contributed by atoms with Crippen LogP contribution in [-0.4, -0.2) is 23.9 Å². The zero-order valence-electron chi connectivity index (χ0n) is 13.0. The minimum absolute atomic E-state index is 0. The van der Waals surface area contributed by atoms with E-state index in [1.54, 1.807) is 0 Å². The summed E-state index contributed by atoms with van der Waals surface area (Å²) in [5.74, 6) is -1.32. The fourth-order valence-electron chi connectivity index (χ4n) is 2.03. The van der Waals surface area contributed by atoms with Crippen LogP contribution in [0.15, 0.2) is 18.2 Å². The molecule has 1 aromatic rings. The van der Waals surface area contributed by atoms with Crippen LogP contribution in [0.25, 0.3) is 0 Å². The third-order valence-corrected chi connectivity index (χ3v) is 3.66. The molecule has 1 aromatic carbocycles. The molecule has 0 heterocycles. The first kappa shape index (κ1) is 20.3. The molecule has 5 nitrogen and oxygen atoms in total. The largest absolute Gasteiger partial charge is 0.345 e. The van der Waals surface area contributed by atoms with Crippen molar-refractivity contribution in [1.29, 1.82) is 0 Å². The van der Waals surface area contributed by atoms with E-state index in [1.165, 1.54) is 19.1 Å². The highest BCUT2D eigenvalue weighted by Crippen LogP contribution is 2.18. The Kier molecular flexibility index (Phi) is 8.05. The summed E-state index contributed by atoms with van der Waals surface area (Å²) < 4.78 is 13.6. The molecular weight excluding hydrogens is 309 g/mol. The molecular formula is C15H23ClFN3O2. The summed E-state index contributed by atoms with van der Waals surface area (Å²) in [5.41, 5.74) is 5.54. The molecule has 0 aromatic heterocycles. The first-order valence-electron chi connectivity index (χ1n) is 6.97. The summed E-state index contributed by atoms with van der Waals surface area (Å²) in [6.07, 6.45) is 1.40. The van der Waals surface area contributed by atoms with E-state index >= 15 is 0 Å². The van der Waals surface area contributed by atoms with E-state index in [9.17, 15) is 14.0 Å². The zero-order valence-corrected chi connectivity index (χ0v) is 13.8. The van der Waals surface area contributed by atoms with Gasteiger partial charge in [-0.05, 0) is 31.0 Å². The highest BCUT2D eigenvalue weighted by Gasteiger charge is 2.27. The average Bonchev–Trinajstić information content (AvgIpc) is 2.46. The predicted octanol–water partition coefficient (Wildman–Crippen LogP) is 2.45. The van der Waals surface area contributed by atoms with Gasteiger partial charge in [0.15, 0.2) is 0 Å². The van der Waals surface area contributed by atoms with Crippen LogP contribution in [0, 0.1) is 5.82 Å². The number of hydrogen-bond donors (Lipinski definition) is 3. The Balaban J connectivity index is 0.00000441. The minimum atomic E-state index is -0.585. The number of rotatable bonds is 6. The van der Waals surface area contributed by atoms with Crippen molar-refractivity contribution in [2.24, 2.45) is 5.73 Å². The lowest BCUT2D eigenvalue weighted by Crippen LogP contribution is -2.52. The topological polar surface area (TPSA) is 84.2 Å². The molecule has 0 aliphatic heterocycles. The fourth-order valence-corrected chi connectivity index (χ4v) is 2.03. The van der Waals surface area contributed by atoms with E-state index < -0.39 is 17.3 Å². The van der Waals surface area contributed by atoms with Crippen molar-refractivity contribution >= 4 is 29.9 Å². The van der Waals surface area contributed by atoms with Crippen LogP contribution in [0.5, 0.6) is 0 Å². The average molecular weight is 332 g/mol. The number of carbonyl (C=O) groups is 2. The molecule has 1 rings (SSSR count). The molecule has 0 atom stereocenters. The monoisotopic (exact) mass is 331 g/mol. The van der Waals surface area contributed by atoms with Crippen LogP contribution in [0.2, 0.25) is 0 Å². The van der Waals surface area contributed by atoms with Gasteiger partial charge in [-0.25, -0.2) is 4.39 Å². The summed E-state index contributed by atoms with van der Waals surface area (Å²) in [4.78, 5) is 23.3. The van der Waals surface area contributed by atoms with Crippen LogP contribution >= 0.6 is 12.4 Å². The lowest BCUT2D eigenvalue weighted by atomic mass is 9.92. The molecule has 7 heteroatoms. The first-order chi connectivity index (χ1) is 9.87. The second-order valence-electron chi connectivity index (χ2n) is 5.02. The van der Waals surface area contributed by atoms with Crippen LogP contribution in [0.3, 0.4) is 0 Å². The molecule has 2 amide bonds. The third kappa shape index (κ3) is 4.96. The van der Waals surface area contributed by atoms with E-state index in [0.717, 1.165) is 6.07 Å². The molecule has 0 bridgehead atoms. The number of nitrogens with two attached hydrogens (primary N) is 1. The molecule has 0 saturated carbocycles. The van der Waals surface area contributed by atoms with E-state index in [4.69, 9.17) is 5.73 Å². The quantitative estimate of drug-likeness (QED) is 0.748. The van der Waals surface area contributed by atoms with E-state index in [-0.39, 0.29) is 29.6 Å². The van der Waals surface area contributed by atoms with Crippen LogP contribution in [0.1, 0.15) is 44.0 Å². The Labute approximate surface area is 136 Å². The number of hydrogen-bond acceptors (Lipinski definition) is 3. The maximum absolute atomic E-state index is 13.6. The van der Waals surface area contributed by atoms with Gasteiger partial charge in [-0.3, -0.25) is 9.59 Å². The van der Waals surface area contributed by atoms with Crippen molar-refractivity contribution < 1.29 is 14.0 Å². The molecule has 124 valence electrons. The maximum atomic E-state index is 13.6. The number of halogens is 2. The molecule has 0 aliphatic rings. The summed E-state index contributed by atoms with van der Waals surface area (Å²) in [7, 11) is 0. The number of anilines is 1. The van der Waals surface area contributed by atoms with Crippen molar-refractivity contribution in [2.45, 2.75) is 39.2 Å². The van der Waals surface area contributed by atoms with Crippen molar-refractivity contribution in [1.82, 2.24) is 5.32 Å². The van der Waals surface area contributed by atoms with Gasteiger partial charge < -0.3 is 16.4 Å². The van der Waals surface area contributed by atoms with Crippen LogP contribution < -0.4 is 16.4 Å². The van der Waals surface area contributed by atoms with Gasteiger partial charge in [0.05, 0.1) is 11.2 Å². The lowest BCUT2D eigenvalue weighted by molar-refractivity contribution is -0.114.